The van der Waals surface area contributed by atoms with Crippen LogP contribution in [0.3, 0.4) is 0 Å². The molecule has 1 rings (SSSR count). The van der Waals surface area contributed by atoms with E-state index < -0.39 is 0 Å². The smallest absolute Gasteiger partial charge is 0.270 e. The lowest BCUT2D eigenvalue weighted by molar-refractivity contribution is -0.117. The van der Waals surface area contributed by atoms with Crippen LogP contribution in [0.4, 0.5) is 4.39 Å². The molecule has 1 amide bonds. The van der Waals surface area contributed by atoms with Crippen LogP contribution in [0.2, 0.25) is 0 Å². The zero-order valence-electron chi connectivity index (χ0n) is 10.9. The van der Waals surface area contributed by atoms with Crippen LogP contribution in [0.1, 0.15) is 13.3 Å². The van der Waals surface area contributed by atoms with Crippen molar-refractivity contribution in [3.63, 3.8) is 0 Å². The third-order valence-electron chi connectivity index (χ3n) is 2.64. The quantitative estimate of drug-likeness (QED) is 0.560. The van der Waals surface area contributed by atoms with Gasteiger partial charge in [-0.15, -0.1) is 0 Å². The number of rotatable bonds is 6. The van der Waals surface area contributed by atoms with Crippen LogP contribution in [0, 0.1) is 0 Å². The van der Waals surface area contributed by atoms with E-state index in [0.29, 0.717) is 36.3 Å². The van der Waals surface area contributed by atoms with E-state index in [2.05, 4.69) is 17.0 Å². The maximum Gasteiger partial charge on any atom is 0.270 e. The Bertz CT molecular complexity index is 453. The van der Waals surface area contributed by atoms with Gasteiger partial charge in [0.1, 0.15) is 12.3 Å². The van der Waals surface area contributed by atoms with Crippen LogP contribution in [0.25, 0.3) is 0 Å². The molecule has 0 aliphatic carbocycles. The number of carbonyl (C=O) groups is 1. The Kier molecular flexibility index (Phi) is 5.95. The maximum absolute atomic E-state index is 12.3. The third kappa shape index (κ3) is 4.33. The number of nitrogens with zero attached hydrogens (tertiary/aromatic N) is 1. The Labute approximate surface area is 111 Å². The number of carbonyl (C=O) groups excluding carboxylic acids is 1. The van der Waals surface area contributed by atoms with Crippen molar-refractivity contribution in [3.8, 4) is 0 Å². The van der Waals surface area contributed by atoms with E-state index in [1.54, 1.807) is 13.0 Å². The molecule has 0 spiro atoms. The third-order valence-corrected chi connectivity index (χ3v) is 2.64. The lowest BCUT2D eigenvalue weighted by Crippen LogP contribution is -2.30. The number of nitrogens with two attached hydrogens (primary N) is 1. The van der Waals surface area contributed by atoms with Crippen LogP contribution >= 0.6 is 0 Å². The van der Waals surface area contributed by atoms with Crippen molar-refractivity contribution in [1.82, 2.24) is 5.32 Å². The topological polar surface area (TPSA) is 76.7 Å². The summed E-state index contributed by atoms with van der Waals surface area (Å²) in [5, 5.41) is 2.68. The fourth-order valence-electron chi connectivity index (χ4n) is 1.60. The average Bonchev–Trinajstić information content (AvgIpc) is 2.40. The predicted octanol–water partition coefficient (Wildman–Crippen LogP) is 1.19. The Morgan fingerprint density at radius 2 is 2.42 bits per heavy atom. The van der Waals surface area contributed by atoms with Gasteiger partial charge in [-0.25, -0.2) is 4.39 Å². The van der Waals surface area contributed by atoms with Gasteiger partial charge in [0.05, 0.1) is 12.1 Å². The second-order valence-electron chi connectivity index (χ2n) is 4.05. The van der Waals surface area contributed by atoms with Gasteiger partial charge in [0.25, 0.3) is 5.91 Å². The Morgan fingerprint density at radius 1 is 1.68 bits per heavy atom. The number of aliphatic imine (C=N–C) groups is 1. The maximum atomic E-state index is 12.3. The van der Waals surface area contributed by atoms with E-state index in [1.165, 1.54) is 0 Å². The number of nitrogens with one attached hydrogen (secondary N) is 1. The number of hydrogen-bond donors (Lipinski definition) is 2. The summed E-state index contributed by atoms with van der Waals surface area (Å²) in [6, 6.07) is 0. The summed E-state index contributed by atoms with van der Waals surface area (Å²) >= 11 is 0. The molecule has 19 heavy (non-hydrogen) atoms. The molecular formula is C13H18FN3O2. The highest BCUT2D eigenvalue weighted by molar-refractivity contribution is 5.95. The molecule has 3 N–H and O–H groups in total. The van der Waals surface area contributed by atoms with Crippen molar-refractivity contribution in [2.24, 2.45) is 10.7 Å². The molecule has 0 saturated heterocycles. The molecule has 0 aromatic rings. The van der Waals surface area contributed by atoms with Crippen LogP contribution in [0.15, 0.2) is 40.0 Å². The summed E-state index contributed by atoms with van der Waals surface area (Å²) < 4.78 is 17.7. The number of amides is 1. The fraction of sp³-hybridized carbons (Fsp3) is 0.385. The summed E-state index contributed by atoms with van der Waals surface area (Å²) in [6.07, 6.45) is 2.82. The highest BCUT2D eigenvalue weighted by atomic mass is 19.1. The summed E-state index contributed by atoms with van der Waals surface area (Å²) in [6.45, 7) is 5.85. The van der Waals surface area contributed by atoms with Crippen LogP contribution < -0.4 is 11.1 Å². The molecule has 6 heteroatoms. The van der Waals surface area contributed by atoms with Crippen LogP contribution in [0.5, 0.6) is 0 Å². The second-order valence-corrected chi connectivity index (χ2v) is 4.05. The summed E-state index contributed by atoms with van der Waals surface area (Å²) in [4.78, 5) is 15.2. The Hall–Kier alpha value is -1.95. The first kappa shape index (κ1) is 15.1. The minimum atomic E-state index is -0.244. The average molecular weight is 267 g/mol. The van der Waals surface area contributed by atoms with Crippen LogP contribution in [-0.4, -0.2) is 32.3 Å². The zero-order chi connectivity index (χ0) is 14.3. The molecule has 0 fully saturated rings. The molecule has 0 aromatic carbocycles. The van der Waals surface area contributed by atoms with Crippen LogP contribution in [-0.2, 0) is 9.53 Å². The standard InChI is InChI=1S/C13H18FN3O2/c1-9(19-8-10(6-14)7-15)5-11-3-4-17-13(18)12(11)16-2/h5-6H,2-4,7-8,15H2,1H3,(H,17,18)/b9-5+,10-6+. The lowest BCUT2D eigenvalue weighted by atomic mass is 10.1. The first-order chi connectivity index (χ1) is 9.12. The molecule has 0 atom stereocenters. The second kappa shape index (κ2) is 7.48. The minimum absolute atomic E-state index is 0.0889. The molecule has 0 bridgehead atoms. The Balaban J connectivity index is 2.77. The molecular weight excluding hydrogens is 249 g/mol. The van der Waals surface area contributed by atoms with Gasteiger partial charge in [0.15, 0.2) is 0 Å². The summed E-state index contributed by atoms with van der Waals surface area (Å²) in [5.74, 6) is 0.324. The molecule has 1 aliphatic heterocycles. The summed E-state index contributed by atoms with van der Waals surface area (Å²) in [5.41, 5.74) is 6.75. The van der Waals surface area contributed by atoms with E-state index in [1.807, 2.05) is 0 Å². The zero-order valence-corrected chi connectivity index (χ0v) is 10.9. The molecule has 1 aliphatic rings. The molecule has 0 saturated carbocycles. The van der Waals surface area contributed by atoms with Crippen molar-refractivity contribution in [3.05, 3.63) is 35.0 Å². The highest BCUT2D eigenvalue weighted by Gasteiger charge is 2.17. The van der Waals surface area contributed by atoms with Gasteiger partial charge < -0.3 is 15.8 Å². The van der Waals surface area contributed by atoms with Gasteiger partial charge >= 0.3 is 0 Å². The molecule has 0 aromatic heterocycles. The largest absolute Gasteiger partial charge is 0.494 e. The molecule has 5 nitrogen and oxygen atoms in total. The molecule has 0 unspecified atom stereocenters. The molecule has 104 valence electrons. The van der Waals surface area contributed by atoms with Gasteiger partial charge in [-0.05, 0) is 31.7 Å². The SMILES string of the molecule is C=NC1=C(/C=C(\C)OC/C(=C/F)CN)CCNC1=O. The molecule has 0 radical (unpaired) electrons. The summed E-state index contributed by atoms with van der Waals surface area (Å²) in [7, 11) is 0. The fourth-order valence-corrected chi connectivity index (χ4v) is 1.60. The van der Waals surface area contributed by atoms with E-state index >= 15 is 0 Å². The first-order valence-corrected chi connectivity index (χ1v) is 5.89. The lowest BCUT2D eigenvalue weighted by Gasteiger charge is -2.16. The van der Waals surface area contributed by atoms with Gasteiger partial charge in [-0.2, -0.15) is 0 Å². The van der Waals surface area contributed by atoms with Gasteiger partial charge in [0, 0.05) is 18.7 Å². The van der Waals surface area contributed by atoms with E-state index in [0.717, 1.165) is 5.57 Å². The van der Waals surface area contributed by atoms with E-state index in [9.17, 15) is 9.18 Å². The number of hydrogen-bond acceptors (Lipinski definition) is 4. The van der Waals surface area contributed by atoms with Crippen molar-refractivity contribution in [2.45, 2.75) is 13.3 Å². The van der Waals surface area contributed by atoms with Gasteiger partial charge in [0.2, 0.25) is 0 Å². The van der Waals surface area contributed by atoms with E-state index in [-0.39, 0.29) is 19.1 Å². The highest BCUT2D eigenvalue weighted by Crippen LogP contribution is 2.18. The number of ether oxygens (including phenoxy) is 1. The van der Waals surface area contributed by atoms with E-state index in [4.69, 9.17) is 10.5 Å². The van der Waals surface area contributed by atoms with Crippen molar-refractivity contribution >= 4 is 12.6 Å². The monoisotopic (exact) mass is 267 g/mol. The van der Waals surface area contributed by atoms with Crippen molar-refractivity contribution in [1.29, 1.82) is 0 Å². The minimum Gasteiger partial charge on any atom is -0.494 e. The number of allylic oxidation sites excluding steroid dienone is 2. The van der Waals surface area contributed by atoms with Gasteiger partial charge in [-0.1, -0.05) is 0 Å². The Morgan fingerprint density at radius 3 is 3.00 bits per heavy atom. The predicted molar refractivity (Wildman–Crippen MR) is 72.2 cm³/mol. The van der Waals surface area contributed by atoms with Crippen molar-refractivity contribution in [2.75, 3.05) is 19.7 Å². The first-order valence-electron chi connectivity index (χ1n) is 5.89. The van der Waals surface area contributed by atoms with Gasteiger partial charge in [-0.3, -0.25) is 9.79 Å². The van der Waals surface area contributed by atoms with Crippen molar-refractivity contribution < 1.29 is 13.9 Å². The molecule has 1 heterocycles. The normalized spacial score (nSPS) is 17.3. The number of halogens is 1.